The molecule has 204 valence electrons. The van der Waals surface area contributed by atoms with Gasteiger partial charge in [-0.2, -0.15) is 0 Å². The molecule has 0 unspecified atom stereocenters. The summed E-state index contributed by atoms with van der Waals surface area (Å²) >= 11 is 0. The van der Waals surface area contributed by atoms with Crippen molar-refractivity contribution in [3.63, 3.8) is 0 Å². The van der Waals surface area contributed by atoms with Crippen LogP contribution in [0.3, 0.4) is 0 Å². The first-order chi connectivity index (χ1) is 18.9. The minimum atomic E-state index is -0.720. The van der Waals surface area contributed by atoms with Crippen molar-refractivity contribution in [2.45, 2.75) is 19.3 Å². The molecule has 1 aliphatic carbocycles. The van der Waals surface area contributed by atoms with Crippen molar-refractivity contribution in [1.82, 2.24) is 0 Å². The molecule has 1 saturated carbocycles. The van der Waals surface area contributed by atoms with E-state index in [1.54, 1.807) is 94.1 Å². The Hall–Kier alpha value is -4.53. The van der Waals surface area contributed by atoms with E-state index >= 15 is 0 Å². The highest BCUT2D eigenvalue weighted by Gasteiger charge is 2.41. The number of esters is 3. The maximum Gasteiger partial charge on any atom is 0.314 e. The summed E-state index contributed by atoms with van der Waals surface area (Å²) in [6.07, 6.45) is 0.531. The summed E-state index contributed by atoms with van der Waals surface area (Å²) in [6.45, 7) is 0. The molecule has 3 aromatic carbocycles. The Morgan fingerprint density at radius 2 is 0.641 bits per heavy atom. The molecule has 0 amide bonds. The zero-order chi connectivity index (χ0) is 27.8. The third kappa shape index (κ3) is 7.28. The van der Waals surface area contributed by atoms with E-state index in [4.69, 9.17) is 28.4 Å². The Labute approximate surface area is 226 Å². The molecular weight excluding hydrogens is 504 g/mol. The van der Waals surface area contributed by atoms with Crippen LogP contribution in [0.1, 0.15) is 19.3 Å². The van der Waals surface area contributed by atoms with Crippen LogP contribution in [-0.2, 0) is 14.4 Å². The van der Waals surface area contributed by atoms with Crippen LogP contribution in [0.4, 0.5) is 0 Å². The summed E-state index contributed by atoms with van der Waals surface area (Å²) < 4.78 is 32.1. The maximum absolute atomic E-state index is 13.1. The van der Waals surface area contributed by atoms with E-state index < -0.39 is 35.7 Å². The SMILES string of the molecule is COc1ccc(OC(=O)C2CC(C(=O)Oc3ccc(OC)cc3)CC(C(=O)Oc3ccc(OC)cc3)C2)cc1. The van der Waals surface area contributed by atoms with E-state index in [9.17, 15) is 14.4 Å². The highest BCUT2D eigenvalue weighted by Crippen LogP contribution is 2.37. The molecule has 9 heteroatoms. The molecule has 0 saturated heterocycles. The summed E-state index contributed by atoms with van der Waals surface area (Å²) in [5, 5.41) is 0. The van der Waals surface area contributed by atoms with E-state index in [-0.39, 0.29) is 19.3 Å². The fourth-order valence-electron chi connectivity index (χ4n) is 4.43. The van der Waals surface area contributed by atoms with E-state index in [2.05, 4.69) is 0 Å². The predicted molar refractivity (Wildman–Crippen MR) is 140 cm³/mol. The lowest BCUT2D eigenvalue weighted by Crippen LogP contribution is -2.39. The minimum absolute atomic E-state index is 0.177. The van der Waals surface area contributed by atoms with Gasteiger partial charge in [-0.05, 0) is 92.1 Å². The summed E-state index contributed by atoms with van der Waals surface area (Å²) in [7, 11) is 4.62. The average Bonchev–Trinajstić information content (AvgIpc) is 2.98. The largest absolute Gasteiger partial charge is 0.497 e. The third-order valence-electron chi connectivity index (χ3n) is 6.54. The number of hydrogen-bond acceptors (Lipinski definition) is 9. The lowest BCUT2D eigenvalue weighted by Gasteiger charge is -2.31. The molecule has 3 aromatic rings. The van der Waals surface area contributed by atoms with Crippen molar-refractivity contribution in [1.29, 1.82) is 0 Å². The van der Waals surface area contributed by atoms with Gasteiger partial charge in [0, 0.05) is 0 Å². The molecule has 9 nitrogen and oxygen atoms in total. The topological polar surface area (TPSA) is 107 Å². The van der Waals surface area contributed by atoms with Crippen LogP contribution in [0.25, 0.3) is 0 Å². The number of benzene rings is 3. The summed E-state index contributed by atoms with van der Waals surface area (Å²) in [5.41, 5.74) is 0. The summed E-state index contributed by atoms with van der Waals surface area (Å²) in [4.78, 5) is 39.4. The minimum Gasteiger partial charge on any atom is -0.497 e. The molecule has 1 fully saturated rings. The van der Waals surface area contributed by atoms with Gasteiger partial charge in [0.05, 0.1) is 39.1 Å². The van der Waals surface area contributed by atoms with Crippen LogP contribution in [0, 0.1) is 17.8 Å². The smallest absolute Gasteiger partial charge is 0.314 e. The van der Waals surface area contributed by atoms with Gasteiger partial charge in [-0.1, -0.05) is 0 Å². The molecular formula is C30H30O9. The number of methoxy groups -OCH3 is 3. The van der Waals surface area contributed by atoms with Crippen molar-refractivity contribution in [3.05, 3.63) is 72.8 Å². The first-order valence-corrected chi connectivity index (χ1v) is 12.5. The van der Waals surface area contributed by atoms with Gasteiger partial charge in [-0.15, -0.1) is 0 Å². The Morgan fingerprint density at radius 3 is 0.846 bits per heavy atom. The van der Waals surface area contributed by atoms with Crippen LogP contribution < -0.4 is 28.4 Å². The first kappa shape index (κ1) is 27.5. The van der Waals surface area contributed by atoms with Crippen molar-refractivity contribution in [3.8, 4) is 34.5 Å². The molecule has 0 aromatic heterocycles. The van der Waals surface area contributed by atoms with Gasteiger partial charge in [0.25, 0.3) is 0 Å². The number of hydrogen-bond donors (Lipinski definition) is 0. The lowest BCUT2D eigenvalue weighted by molar-refractivity contribution is -0.150. The lowest BCUT2D eigenvalue weighted by atomic mass is 9.75. The van der Waals surface area contributed by atoms with Crippen LogP contribution in [0.15, 0.2) is 72.8 Å². The van der Waals surface area contributed by atoms with Crippen molar-refractivity contribution >= 4 is 17.9 Å². The van der Waals surface area contributed by atoms with Crippen molar-refractivity contribution < 1.29 is 42.8 Å². The molecule has 0 N–H and O–H groups in total. The van der Waals surface area contributed by atoms with Gasteiger partial charge < -0.3 is 28.4 Å². The second-order valence-corrected chi connectivity index (χ2v) is 9.09. The fourth-order valence-corrected chi connectivity index (χ4v) is 4.43. The van der Waals surface area contributed by atoms with Gasteiger partial charge in [-0.25, -0.2) is 0 Å². The summed E-state index contributed by atoms with van der Waals surface area (Å²) in [5.74, 6) is -0.908. The molecule has 0 aliphatic heterocycles. The second kappa shape index (κ2) is 12.8. The van der Waals surface area contributed by atoms with Gasteiger partial charge in [0.2, 0.25) is 0 Å². The highest BCUT2D eigenvalue weighted by atomic mass is 16.5. The van der Waals surface area contributed by atoms with Crippen molar-refractivity contribution in [2.24, 2.45) is 17.8 Å². The maximum atomic E-state index is 13.1. The fraction of sp³-hybridized carbons (Fsp3) is 0.300. The van der Waals surface area contributed by atoms with Gasteiger partial charge in [-0.3, -0.25) is 14.4 Å². The molecule has 39 heavy (non-hydrogen) atoms. The Morgan fingerprint density at radius 1 is 0.436 bits per heavy atom. The van der Waals surface area contributed by atoms with E-state index in [0.717, 1.165) is 0 Å². The average molecular weight is 535 g/mol. The molecule has 0 spiro atoms. The third-order valence-corrected chi connectivity index (χ3v) is 6.54. The van der Waals surface area contributed by atoms with Crippen LogP contribution >= 0.6 is 0 Å². The predicted octanol–water partition coefficient (Wildman–Crippen LogP) is 4.86. The number of ether oxygens (including phenoxy) is 6. The van der Waals surface area contributed by atoms with Crippen molar-refractivity contribution in [2.75, 3.05) is 21.3 Å². The second-order valence-electron chi connectivity index (χ2n) is 9.09. The molecule has 0 heterocycles. The molecule has 0 bridgehead atoms. The molecule has 0 atom stereocenters. The molecule has 1 aliphatic rings. The number of rotatable bonds is 9. The van der Waals surface area contributed by atoms with Gasteiger partial charge >= 0.3 is 17.9 Å². The Bertz CT molecular complexity index is 1100. The van der Waals surface area contributed by atoms with Gasteiger partial charge in [0.1, 0.15) is 34.5 Å². The van der Waals surface area contributed by atoms with Gasteiger partial charge in [0.15, 0.2) is 0 Å². The Kier molecular flexibility index (Phi) is 9.04. The monoisotopic (exact) mass is 534 g/mol. The molecule has 4 rings (SSSR count). The van der Waals surface area contributed by atoms with Crippen LogP contribution in [-0.4, -0.2) is 39.2 Å². The number of carbonyl (C=O) groups is 3. The normalized spacial score (nSPS) is 18.4. The molecule has 0 radical (unpaired) electrons. The van der Waals surface area contributed by atoms with Crippen LogP contribution in [0.5, 0.6) is 34.5 Å². The quantitative estimate of drug-likeness (QED) is 0.281. The van der Waals surface area contributed by atoms with Crippen LogP contribution in [0.2, 0.25) is 0 Å². The highest BCUT2D eigenvalue weighted by molar-refractivity contribution is 5.82. The Balaban J connectivity index is 1.49. The standard InChI is InChI=1S/C30H30O9/c1-34-22-4-10-25(11-5-22)37-28(31)19-16-20(29(32)38-26-12-6-23(35-2)7-13-26)18-21(17-19)30(33)39-27-14-8-24(36-3)9-15-27/h4-15,19-21H,16-18H2,1-3H3. The zero-order valence-corrected chi connectivity index (χ0v) is 22.0. The summed E-state index contributed by atoms with van der Waals surface area (Å²) in [6, 6.07) is 19.7. The first-order valence-electron chi connectivity index (χ1n) is 12.5. The van der Waals surface area contributed by atoms with E-state index in [1.165, 1.54) is 0 Å². The van der Waals surface area contributed by atoms with E-state index in [0.29, 0.717) is 34.5 Å². The van der Waals surface area contributed by atoms with E-state index in [1.807, 2.05) is 0 Å². The zero-order valence-electron chi connectivity index (χ0n) is 22.0. The number of carbonyl (C=O) groups excluding carboxylic acids is 3.